The second-order valence-corrected chi connectivity index (χ2v) is 4.95. The van der Waals surface area contributed by atoms with Gasteiger partial charge in [-0.1, -0.05) is 0 Å². The van der Waals surface area contributed by atoms with Crippen molar-refractivity contribution in [2.75, 3.05) is 0 Å². The number of ether oxygens (including phenoxy) is 1. The van der Waals surface area contributed by atoms with Gasteiger partial charge in [0.05, 0.1) is 0 Å². The van der Waals surface area contributed by atoms with Crippen molar-refractivity contribution in [2.45, 2.75) is 43.9 Å². The summed E-state index contributed by atoms with van der Waals surface area (Å²) in [6.07, 6.45) is 4.29. The van der Waals surface area contributed by atoms with Crippen molar-refractivity contribution in [3.05, 3.63) is 29.8 Å². The van der Waals surface area contributed by atoms with Gasteiger partial charge in [0.15, 0.2) is 0 Å². The van der Waals surface area contributed by atoms with Crippen LogP contribution < -0.4 is 10.1 Å². The monoisotopic (exact) mass is 239 g/mol. The number of fused-ring (bicyclic) bond motifs is 2. The van der Waals surface area contributed by atoms with E-state index in [-0.39, 0.29) is 6.10 Å². The smallest absolute Gasteiger partial charge is 0.129 e. The molecular formula is C13H15F2NO. The van der Waals surface area contributed by atoms with E-state index in [1.807, 2.05) is 0 Å². The molecule has 2 aliphatic rings. The predicted molar refractivity (Wildman–Crippen MR) is 60.0 cm³/mol. The summed E-state index contributed by atoms with van der Waals surface area (Å²) in [6.45, 7) is 0. The van der Waals surface area contributed by atoms with Gasteiger partial charge in [0.25, 0.3) is 0 Å². The van der Waals surface area contributed by atoms with Crippen LogP contribution in [0, 0.1) is 11.6 Å². The van der Waals surface area contributed by atoms with E-state index in [4.69, 9.17) is 4.74 Å². The molecule has 0 aromatic heterocycles. The molecule has 92 valence electrons. The molecular weight excluding hydrogens is 224 g/mol. The van der Waals surface area contributed by atoms with Gasteiger partial charge in [0.1, 0.15) is 23.5 Å². The molecule has 0 spiro atoms. The molecule has 0 aliphatic carbocycles. The molecule has 1 N–H and O–H groups in total. The molecule has 2 unspecified atom stereocenters. The zero-order valence-electron chi connectivity index (χ0n) is 9.46. The van der Waals surface area contributed by atoms with Crippen molar-refractivity contribution in [3.63, 3.8) is 0 Å². The Bertz CT molecular complexity index is 392. The van der Waals surface area contributed by atoms with Crippen LogP contribution in [0.5, 0.6) is 5.75 Å². The van der Waals surface area contributed by atoms with Crippen molar-refractivity contribution in [1.82, 2.24) is 5.32 Å². The highest BCUT2D eigenvalue weighted by atomic mass is 19.1. The molecule has 2 nitrogen and oxygen atoms in total. The lowest BCUT2D eigenvalue weighted by molar-refractivity contribution is 0.136. The molecule has 17 heavy (non-hydrogen) atoms. The molecule has 2 atom stereocenters. The maximum atomic E-state index is 13.0. The van der Waals surface area contributed by atoms with Crippen molar-refractivity contribution in [2.24, 2.45) is 0 Å². The topological polar surface area (TPSA) is 21.3 Å². The summed E-state index contributed by atoms with van der Waals surface area (Å²) in [5, 5.41) is 3.50. The van der Waals surface area contributed by atoms with E-state index in [0.29, 0.717) is 17.8 Å². The van der Waals surface area contributed by atoms with Gasteiger partial charge in [-0.2, -0.15) is 0 Å². The third kappa shape index (κ3) is 2.41. The Kier molecular flexibility index (Phi) is 2.74. The van der Waals surface area contributed by atoms with Crippen molar-refractivity contribution in [1.29, 1.82) is 0 Å². The van der Waals surface area contributed by atoms with E-state index in [0.717, 1.165) is 18.9 Å². The fraction of sp³-hybridized carbons (Fsp3) is 0.538. The van der Waals surface area contributed by atoms with Gasteiger partial charge in [0.2, 0.25) is 0 Å². The predicted octanol–water partition coefficient (Wildman–Crippen LogP) is 2.63. The minimum absolute atomic E-state index is 0.0787. The summed E-state index contributed by atoms with van der Waals surface area (Å²) in [6, 6.07) is 4.37. The molecule has 2 fully saturated rings. The molecule has 0 saturated carbocycles. The van der Waals surface area contributed by atoms with Crippen LogP contribution in [0.15, 0.2) is 18.2 Å². The van der Waals surface area contributed by atoms with Gasteiger partial charge < -0.3 is 10.1 Å². The van der Waals surface area contributed by atoms with E-state index in [1.54, 1.807) is 0 Å². The molecule has 2 bridgehead atoms. The Morgan fingerprint density at radius 1 is 1.00 bits per heavy atom. The van der Waals surface area contributed by atoms with Gasteiger partial charge in [-0.3, -0.25) is 0 Å². The maximum Gasteiger partial charge on any atom is 0.129 e. The van der Waals surface area contributed by atoms with E-state index in [9.17, 15) is 8.78 Å². The number of hydrogen-bond acceptors (Lipinski definition) is 2. The molecule has 0 radical (unpaired) electrons. The van der Waals surface area contributed by atoms with Crippen LogP contribution in [0.4, 0.5) is 8.78 Å². The van der Waals surface area contributed by atoms with Crippen LogP contribution in [0.25, 0.3) is 0 Å². The standard InChI is InChI=1S/C13H15F2NO/c14-8-3-9(15)5-12(4-8)17-13-6-10-1-2-11(7-13)16-10/h3-5,10-11,13,16H,1-2,6-7H2. The SMILES string of the molecule is Fc1cc(F)cc(OC2CC3CCC(C2)N3)c1. The van der Waals surface area contributed by atoms with Crippen LogP contribution in [-0.2, 0) is 0 Å². The molecule has 2 saturated heterocycles. The summed E-state index contributed by atoms with van der Waals surface area (Å²) in [5.74, 6) is -0.873. The van der Waals surface area contributed by atoms with E-state index < -0.39 is 11.6 Å². The van der Waals surface area contributed by atoms with Crippen LogP contribution in [0.1, 0.15) is 25.7 Å². The van der Waals surface area contributed by atoms with Gasteiger partial charge in [-0.05, 0) is 25.7 Å². The van der Waals surface area contributed by atoms with Crippen LogP contribution in [0.2, 0.25) is 0 Å². The highest BCUT2D eigenvalue weighted by molar-refractivity contribution is 5.24. The lowest BCUT2D eigenvalue weighted by Gasteiger charge is -2.29. The normalized spacial score (nSPS) is 31.5. The van der Waals surface area contributed by atoms with E-state index >= 15 is 0 Å². The Morgan fingerprint density at radius 3 is 2.18 bits per heavy atom. The average molecular weight is 239 g/mol. The summed E-state index contributed by atoms with van der Waals surface area (Å²) >= 11 is 0. The van der Waals surface area contributed by atoms with Gasteiger partial charge >= 0.3 is 0 Å². The molecule has 1 aromatic rings. The van der Waals surface area contributed by atoms with E-state index in [2.05, 4.69) is 5.32 Å². The second-order valence-electron chi connectivity index (χ2n) is 4.95. The zero-order chi connectivity index (χ0) is 11.8. The lowest BCUT2D eigenvalue weighted by Crippen LogP contribution is -2.42. The molecule has 4 heteroatoms. The number of benzene rings is 1. The van der Waals surface area contributed by atoms with Crippen molar-refractivity contribution >= 4 is 0 Å². The van der Waals surface area contributed by atoms with Crippen LogP contribution >= 0.6 is 0 Å². The summed E-state index contributed by atoms with van der Waals surface area (Å²) in [5.41, 5.74) is 0. The summed E-state index contributed by atoms with van der Waals surface area (Å²) in [4.78, 5) is 0. The number of nitrogens with one attached hydrogen (secondary N) is 1. The van der Waals surface area contributed by atoms with Gasteiger partial charge in [-0.25, -0.2) is 8.78 Å². The Labute approximate surface area is 99.0 Å². The molecule has 2 aliphatic heterocycles. The largest absolute Gasteiger partial charge is 0.490 e. The summed E-state index contributed by atoms with van der Waals surface area (Å²) < 4.78 is 31.7. The first-order valence-electron chi connectivity index (χ1n) is 6.08. The number of hydrogen-bond donors (Lipinski definition) is 1. The maximum absolute atomic E-state index is 13.0. The van der Waals surface area contributed by atoms with Gasteiger partial charge in [0, 0.05) is 30.3 Å². The Balaban J connectivity index is 1.70. The highest BCUT2D eigenvalue weighted by Crippen LogP contribution is 2.30. The minimum atomic E-state index is -0.586. The highest BCUT2D eigenvalue weighted by Gasteiger charge is 2.34. The Morgan fingerprint density at radius 2 is 1.59 bits per heavy atom. The zero-order valence-corrected chi connectivity index (χ0v) is 9.46. The van der Waals surface area contributed by atoms with Crippen LogP contribution in [-0.4, -0.2) is 18.2 Å². The van der Waals surface area contributed by atoms with Crippen molar-refractivity contribution < 1.29 is 13.5 Å². The minimum Gasteiger partial charge on any atom is -0.490 e. The van der Waals surface area contributed by atoms with Gasteiger partial charge in [-0.15, -0.1) is 0 Å². The molecule has 0 amide bonds. The first-order valence-corrected chi connectivity index (χ1v) is 6.08. The second kappa shape index (κ2) is 4.26. The number of rotatable bonds is 2. The summed E-state index contributed by atoms with van der Waals surface area (Å²) in [7, 11) is 0. The fourth-order valence-electron chi connectivity index (χ4n) is 2.89. The first kappa shape index (κ1) is 11.0. The van der Waals surface area contributed by atoms with Crippen LogP contribution in [0.3, 0.4) is 0 Å². The number of halogens is 2. The molecule has 2 heterocycles. The molecule has 3 rings (SSSR count). The fourth-order valence-corrected chi connectivity index (χ4v) is 2.89. The van der Waals surface area contributed by atoms with Crippen molar-refractivity contribution in [3.8, 4) is 5.75 Å². The Hall–Kier alpha value is -1.16. The molecule has 1 aromatic carbocycles. The first-order chi connectivity index (χ1) is 8.19. The number of piperidine rings is 1. The average Bonchev–Trinajstić information content (AvgIpc) is 2.56. The third-order valence-corrected chi connectivity index (χ3v) is 3.57. The quantitative estimate of drug-likeness (QED) is 0.856. The lowest BCUT2D eigenvalue weighted by atomic mass is 10.0. The third-order valence-electron chi connectivity index (χ3n) is 3.57. The van der Waals surface area contributed by atoms with E-state index in [1.165, 1.54) is 25.0 Å².